The fraction of sp³-hybridized carbons (Fsp3) is 0.250. The van der Waals surface area contributed by atoms with E-state index in [2.05, 4.69) is 5.32 Å². The van der Waals surface area contributed by atoms with Gasteiger partial charge in [0, 0.05) is 18.7 Å². The van der Waals surface area contributed by atoms with Gasteiger partial charge in [0.1, 0.15) is 6.04 Å². The van der Waals surface area contributed by atoms with E-state index in [9.17, 15) is 19.7 Å². The molecule has 1 aromatic carbocycles. The molecule has 0 fully saturated rings. The molecule has 3 rings (SSSR count). The number of nitro groups is 1. The van der Waals surface area contributed by atoms with E-state index < -0.39 is 11.0 Å². The van der Waals surface area contributed by atoms with Crippen molar-refractivity contribution in [3.05, 3.63) is 56.3 Å². The number of rotatable bonds is 4. The third kappa shape index (κ3) is 3.00. The van der Waals surface area contributed by atoms with Crippen molar-refractivity contribution >= 4 is 34.5 Å². The van der Waals surface area contributed by atoms with E-state index in [1.807, 2.05) is 0 Å². The van der Waals surface area contributed by atoms with Crippen LogP contribution in [-0.2, 0) is 11.2 Å². The van der Waals surface area contributed by atoms with Crippen LogP contribution < -0.4 is 10.2 Å². The van der Waals surface area contributed by atoms with Crippen LogP contribution in [0.1, 0.15) is 22.2 Å². The van der Waals surface area contributed by atoms with E-state index in [1.165, 1.54) is 28.4 Å². The number of hydrogen-bond donors (Lipinski definition) is 1. The van der Waals surface area contributed by atoms with Gasteiger partial charge in [-0.2, -0.15) is 0 Å². The Morgan fingerprint density at radius 1 is 1.38 bits per heavy atom. The van der Waals surface area contributed by atoms with Gasteiger partial charge in [-0.3, -0.25) is 19.7 Å². The summed E-state index contributed by atoms with van der Waals surface area (Å²) in [4.78, 5) is 37.2. The van der Waals surface area contributed by atoms with Crippen LogP contribution in [0.5, 0.6) is 0 Å². The molecule has 1 aromatic heterocycles. The van der Waals surface area contributed by atoms with Gasteiger partial charge in [0.05, 0.1) is 15.5 Å². The van der Waals surface area contributed by atoms with E-state index in [1.54, 1.807) is 30.5 Å². The predicted molar refractivity (Wildman–Crippen MR) is 90.4 cm³/mol. The van der Waals surface area contributed by atoms with Crippen molar-refractivity contribution in [1.29, 1.82) is 0 Å². The van der Waals surface area contributed by atoms with Crippen LogP contribution >= 0.6 is 11.3 Å². The lowest BCUT2D eigenvalue weighted by atomic mass is 10.1. The van der Waals surface area contributed by atoms with Crippen LogP contribution in [0, 0.1) is 10.1 Å². The Balaban J connectivity index is 1.76. The molecule has 1 atom stereocenters. The summed E-state index contributed by atoms with van der Waals surface area (Å²) in [6.45, 7) is 2.07. The number of benzene rings is 1. The Morgan fingerprint density at radius 3 is 2.83 bits per heavy atom. The second-order valence-corrected chi connectivity index (χ2v) is 6.43. The molecule has 0 saturated heterocycles. The third-order valence-electron chi connectivity index (χ3n) is 3.90. The second kappa shape index (κ2) is 6.40. The molecule has 0 spiro atoms. The highest BCUT2D eigenvalue weighted by Gasteiger charge is 2.30. The Labute approximate surface area is 142 Å². The number of fused-ring (bicyclic) bond motifs is 1. The first kappa shape index (κ1) is 16.1. The largest absolute Gasteiger partial charge is 0.340 e. The van der Waals surface area contributed by atoms with Gasteiger partial charge in [0.25, 0.3) is 11.6 Å². The van der Waals surface area contributed by atoms with Crippen molar-refractivity contribution in [1.82, 2.24) is 5.32 Å². The average Bonchev–Trinajstić information content (AvgIpc) is 3.22. The van der Waals surface area contributed by atoms with Gasteiger partial charge in [0.2, 0.25) is 5.91 Å². The molecule has 2 amide bonds. The van der Waals surface area contributed by atoms with Crippen molar-refractivity contribution in [3.8, 4) is 0 Å². The number of nitrogens with zero attached hydrogens (tertiary/aromatic N) is 2. The van der Waals surface area contributed by atoms with Crippen LogP contribution in [0.2, 0.25) is 0 Å². The lowest BCUT2D eigenvalue weighted by molar-refractivity contribution is -0.384. The van der Waals surface area contributed by atoms with E-state index in [4.69, 9.17) is 0 Å². The second-order valence-electron chi connectivity index (χ2n) is 5.48. The molecule has 8 heteroatoms. The highest BCUT2D eigenvalue weighted by molar-refractivity contribution is 7.12. The van der Waals surface area contributed by atoms with E-state index >= 15 is 0 Å². The van der Waals surface area contributed by atoms with Crippen LogP contribution in [0.25, 0.3) is 0 Å². The fourth-order valence-electron chi connectivity index (χ4n) is 2.68. The number of hydrogen-bond acceptors (Lipinski definition) is 5. The zero-order valence-electron chi connectivity index (χ0n) is 12.9. The quantitative estimate of drug-likeness (QED) is 0.680. The first-order valence-electron chi connectivity index (χ1n) is 7.40. The molecule has 1 aliphatic rings. The summed E-state index contributed by atoms with van der Waals surface area (Å²) in [6.07, 6.45) is 0.644. The van der Waals surface area contributed by atoms with Crippen LogP contribution in [0.15, 0.2) is 35.7 Å². The number of non-ortho nitro benzene ring substituents is 1. The standard InChI is InChI=1S/C16H15N3O4S/c1-10(17-15(20)14-3-2-8-24-14)16(21)18-7-6-11-4-5-12(19(22)23)9-13(11)18/h2-5,8-10H,6-7H2,1H3,(H,17,20). The maximum Gasteiger partial charge on any atom is 0.271 e. The van der Waals surface area contributed by atoms with E-state index in [0.29, 0.717) is 23.5 Å². The Morgan fingerprint density at radius 2 is 2.17 bits per heavy atom. The summed E-state index contributed by atoms with van der Waals surface area (Å²) in [5, 5.41) is 15.4. The van der Waals surface area contributed by atoms with Crippen molar-refractivity contribution < 1.29 is 14.5 Å². The smallest absolute Gasteiger partial charge is 0.271 e. The minimum Gasteiger partial charge on any atom is -0.340 e. The van der Waals surface area contributed by atoms with Crippen LogP contribution in [0.3, 0.4) is 0 Å². The minimum absolute atomic E-state index is 0.0521. The first-order valence-corrected chi connectivity index (χ1v) is 8.28. The third-order valence-corrected chi connectivity index (χ3v) is 4.77. The molecule has 2 aromatic rings. The van der Waals surface area contributed by atoms with Crippen molar-refractivity contribution in [2.75, 3.05) is 11.4 Å². The lowest BCUT2D eigenvalue weighted by Crippen LogP contribution is -2.46. The molecule has 0 aliphatic carbocycles. The minimum atomic E-state index is -0.718. The molecule has 1 N–H and O–H groups in total. The predicted octanol–water partition coefficient (Wildman–Crippen LogP) is 2.36. The van der Waals surface area contributed by atoms with Gasteiger partial charge in [-0.15, -0.1) is 11.3 Å². The number of carbonyl (C=O) groups excluding carboxylic acids is 2. The molecule has 0 bridgehead atoms. The van der Waals surface area contributed by atoms with Gasteiger partial charge < -0.3 is 10.2 Å². The highest BCUT2D eigenvalue weighted by Crippen LogP contribution is 2.32. The molecule has 124 valence electrons. The lowest BCUT2D eigenvalue weighted by Gasteiger charge is -2.22. The number of thiophene rings is 1. The van der Waals surface area contributed by atoms with Crippen molar-refractivity contribution in [2.24, 2.45) is 0 Å². The Bertz CT molecular complexity index is 804. The summed E-state index contributed by atoms with van der Waals surface area (Å²) < 4.78 is 0. The summed E-state index contributed by atoms with van der Waals surface area (Å²) in [5.74, 6) is -0.580. The SMILES string of the molecule is CC(NC(=O)c1cccs1)C(=O)N1CCc2ccc([N+](=O)[O-])cc21. The maximum atomic E-state index is 12.6. The Hall–Kier alpha value is -2.74. The molecule has 0 radical (unpaired) electrons. The summed E-state index contributed by atoms with van der Waals surface area (Å²) in [6, 6.07) is 7.26. The van der Waals surface area contributed by atoms with Gasteiger partial charge in [0.15, 0.2) is 0 Å². The number of carbonyl (C=O) groups is 2. The van der Waals surface area contributed by atoms with Gasteiger partial charge in [-0.25, -0.2) is 0 Å². The van der Waals surface area contributed by atoms with Crippen molar-refractivity contribution in [3.63, 3.8) is 0 Å². The summed E-state index contributed by atoms with van der Waals surface area (Å²) in [5.41, 5.74) is 1.39. The van der Waals surface area contributed by atoms with Crippen LogP contribution in [0.4, 0.5) is 11.4 Å². The number of anilines is 1. The Kier molecular flexibility index (Phi) is 4.30. The van der Waals surface area contributed by atoms with Gasteiger partial charge >= 0.3 is 0 Å². The molecule has 1 unspecified atom stereocenters. The van der Waals surface area contributed by atoms with E-state index in [0.717, 1.165) is 5.56 Å². The average molecular weight is 345 g/mol. The maximum absolute atomic E-state index is 12.6. The topological polar surface area (TPSA) is 92.6 Å². The normalized spacial score (nSPS) is 14.1. The highest BCUT2D eigenvalue weighted by atomic mass is 32.1. The molecule has 24 heavy (non-hydrogen) atoms. The van der Waals surface area contributed by atoms with E-state index in [-0.39, 0.29) is 17.5 Å². The number of nitro benzene ring substituents is 1. The van der Waals surface area contributed by atoms with Gasteiger partial charge in [-0.1, -0.05) is 12.1 Å². The summed E-state index contributed by atoms with van der Waals surface area (Å²) >= 11 is 1.30. The molecular weight excluding hydrogens is 330 g/mol. The monoisotopic (exact) mass is 345 g/mol. The summed E-state index contributed by atoms with van der Waals surface area (Å²) in [7, 11) is 0. The number of nitrogens with one attached hydrogen (secondary N) is 1. The molecule has 1 aliphatic heterocycles. The van der Waals surface area contributed by atoms with Crippen molar-refractivity contribution in [2.45, 2.75) is 19.4 Å². The molecular formula is C16H15N3O4S. The first-order chi connectivity index (χ1) is 11.5. The van der Waals surface area contributed by atoms with Gasteiger partial charge in [-0.05, 0) is 30.4 Å². The number of amides is 2. The molecule has 7 nitrogen and oxygen atoms in total. The fourth-order valence-corrected chi connectivity index (χ4v) is 3.31. The molecule has 0 saturated carbocycles. The molecule has 2 heterocycles. The zero-order valence-corrected chi connectivity index (χ0v) is 13.7. The zero-order chi connectivity index (χ0) is 17.3. The van der Waals surface area contributed by atoms with Crippen LogP contribution in [-0.4, -0.2) is 29.3 Å².